The van der Waals surface area contributed by atoms with Crippen molar-refractivity contribution in [3.8, 4) is 23.3 Å². The van der Waals surface area contributed by atoms with Gasteiger partial charge in [0.05, 0.1) is 19.3 Å². The number of morpholine rings is 1. The molecule has 0 amide bonds. The summed E-state index contributed by atoms with van der Waals surface area (Å²) < 4.78 is 87.8. The second-order valence-corrected chi connectivity index (χ2v) is 8.25. The van der Waals surface area contributed by atoms with Crippen LogP contribution >= 0.6 is 0 Å². The normalized spacial score (nSPS) is 17.1. The van der Waals surface area contributed by atoms with Crippen LogP contribution in [0.2, 0.25) is 0 Å². The summed E-state index contributed by atoms with van der Waals surface area (Å²) in [5.74, 6) is -3.62. The summed E-state index contributed by atoms with van der Waals surface area (Å²) in [6.07, 6.45) is -3.31. The zero-order valence-electron chi connectivity index (χ0n) is 19.0. The van der Waals surface area contributed by atoms with Crippen molar-refractivity contribution in [2.75, 3.05) is 24.7 Å². The van der Waals surface area contributed by atoms with Crippen LogP contribution in [0.5, 0.6) is 23.3 Å². The molecule has 2 aliphatic rings. The van der Waals surface area contributed by atoms with Crippen LogP contribution < -0.4 is 24.8 Å². The first kappa shape index (κ1) is 24.7. The summed E-state index contributed by atoms with van der Waals surface area (Å²) >= 11 is 0. The lowest BCUT2D eigenvalue weighted by Crippen LogP contribution is -2.51. The van der Waals surface area contributed by atoms with E-state index in [-0.39, 0.29) is 29.8 Å². The van der Waals surface area contributed by atoms with Crippen LogP contribution in [0.1, 0.15) is 12.0 Å². The highest BCUT2D eigenvalue weighted by Gasteiger charge is 2.32. The fraction of sp³-hybridized carbons (Fsp3) is 0.348. The van der Waals surface area contributed by atoms with Gasteiger partial charge < -0.3 is 23.8 Å². The van der Waals surface area contributed by atoms with Crippen molar-refractivity contribution >= 4 is 5.82 Å². The molecule has 1 unspecified atom stereocenters. The number of hydrogen-bond acceptors (Lipinski definition) is 8. The van der Waals surface area contributed by atoms with E-state index in [9.17, 15) is 26.7 Å². The van der Waals surface area contributed by atoms with E-state index < -0.39 is 35.3 Å². The second kappa shape index (κ2) is 9.84. The SMILES string of the molecule is O=c1nc(OCc2cc(F)c(Oc3ccnc(OC(F)(F)F)c3)c(F)c2)cc2n1CCC1COCCN21. The molecule has 2 aromatic heterocycles. The van der Waals surface area contributed by atoms with E-state index in [2.05, 4.69) is 19.6 Å². The van der Waals surface area contributed by atoms with E-state index in [4.69, 9.17) is 14.2 Å². The second-order valence-electron chi connectivity index (χ2n) is 8.25. The van der Waals surface area contributed by atoms with Gasteiger partial charge in [0, 0.05) is 31.4 Å². The molecule has 0 N–H and O–H groups in total. The first-order valence-corrected chi connectivity index (χ1v) is 11.1. The van der Waals surface area contributed by atoms with Gasteiger partial charge in [0.1, 0.15) is 18.2 Å². The lowest BCUT2D eigenvalue weighted by molar-refractivity contribution is -0.276. The lowest BCUT2D eigenvalue weighted by Gasteiger charge is -2.41. The minimum absolute atomic E-state index is 0.00138. The standard InChI is InChI=1S/C23H19F5N4O5/c24-16-7-13(8-17(25)21(16)36-15-1-3-29-18(9-15)37-23(26,27)28)11-35-19-10-20-31-5-6-34-12-14(31)2-4-32(20)22(33)30-19/h1,3,7-10,14H,2,4-6,11-12H2. The molecule has 3 aromatic rings. The third-order valence-corrected chi connectivity index (χ3v) is 5.76. The number of anilines is 1. The van der Waals surface area contributed by atoms with E-state index in [1.54, 1.807) is 10.6 Å². The maximum atomic E-state index is 14.6. The van der Waals surface area contributed by atoms with Crippen LogP contribution in [-0.4, -0.2) is 46.7 Å². The summed E-state index contributed by atoms with van der Waals surface area (Å²) in [5, 5.41) is 0. The summed E-state index contributed by atoms with van der Waals surface area (Å²) in [5.41, 5.74) is -0.424. The predicted octanol–water partition coefficient (Wildman–Crippen LogP) is 3.80. The zero-order valence-corrected chi connectivity index (χ0v) is 19.0. The molecular formula is C23H19F5N4O5. The molecule has 9 nitrogen and oxygen atoms in total. The molecule has 196 valence electrons. The summed E-state index contributed by atoms with van der Waals surface area (Å²) in [7, 11) is 0. The molecule has 1 fully saturated rings. The van der Waals surface area contributed by atoms with Gasteiger partial charge in [-0.15, -0.1) is 13.2 Å². The van der Waals surface area contributed by atoms with Crippen LogP contribution in [-0.2, 0) is 17.9 Å². The van der Waals surface area contributed by atoms with Gasteiger partial charge in [-0.3, -0.25) is 4.57 Å². The Bertz CT molecular complexity index is 1340. The summed E-state index contributed by atoms with van der Waals surface area (Å²) in [4.78, 5) is 21.8. The van der Waals surface area contributed by atoms with Crippen LogP contribution in [0.25, 0.3) is 0 Å². The fourth-order valence-electron chi connectivity index (χ4n) is 4.17. The third kappa shape index (κ3) is 5.58. The maximum Gasteiger partial charge on any atom is 0.574 e. The van der Waals surface area contributed by atoms with Crippen molar-refractivity contribution in [3.05, 3.63) is 64.2 Å². The van der Waals surface area contributed by atoms with Crippen LogP contribution in [0.15, 0.2) is 41.3 Å². The molecule has 5 rings (SSSR count). The highest BCUT2D eigenvalue weighted by Crippen LogP contribution is 2.32. The molecule has 1 atom stereocenters. The largest absolute Gasteiger partial charge is 0.574 e. The van der Waals surface area contributed by atoms with E-state index in [1.165, 1.54) is 0 Å². The topological polar surface area (TPSA) is 87.9 Å². The Hall–Kier alpha value is -3.94. The number of halogens is 5. The number of pyridine rings is 1. The summed E-state index contributed by atoms with van der Waals surface area (Å²) in [6.45, 7) is 1.86. The van der Waals surface area contributed by atoms with Gasteiger partial charge in [0.15, 0.2) is 17.4 Å². The minimum Gasteiger partial charge on any atom is -0.473 e. The Kier molecular flexibility index (Phi) is 6.58. The Labute approximate surface area is 206 Å². The molecule has 0 bridgehead atoms. The molecule has 1 saturated heterocycles. The number of benzene rings is 1. The van der Waals surface area contributed by atoms with Crippen molar-refractivity contribution in [3.63, 3.8) is 0 Å². The molecule has 0 spiro atoms. The highest BCUT2D eigenvalue weighted by molar-refractivity contribution is 5.45. The smallest absolute Gasteiger partial charge is 0.473 e. The van der Waals surface area contributed by atoms with Crippen molar-refractivity contribution < 1.29 is 40.9 Å². The number of rotatable bonds is 6. The first-order chi connectivity index (χ1) is 17.7. The Morgan fingerprint density at radius 3 is 2.62 bits per heavy atom. The Balaban J connectivity index is 1.30. The number of alkyl halides is 3. The van der Waals surface area contributed by atoms with E-state index in [1.807, 2.05) is 0 Å². The first-order valence-electron chi connectivity index (χ1n) is 11.1. The predicted molar refractivity (Wildman–Crippen MR) is 117 cm³/mol. The number of nitrogens with zero attached hydrogens (tertiary/aromatic N) is 4. The Morgan fingerprint density at radius 1 is 1.08 bits per heavy atom. The van der Waals surface area contributed by atoms with Gasteiger partial charge in [0.25, 0.3) is 0 Å². The number of fused-ring (bicyclic) bond motifs is 3. The minimum atomic E-state index is -4.99. The van der Waals surface area contributed by atoms with Gasteiger partial charge in [0.2, 0.25) is 11.8 Å². The van der Waals surface area contributed by atoms with Gasteiger partial charge in [-0.05, 0) is 30.2 Å². The molecule has 14 heteroatoms. The van der Waals surface area contributed by atoms with Crippen molar-refractivity contribution in [1.29, 1.82) is 0 Å². The van der Waals surface area contributed by atoms with Gasteiger partial charge in [-0.2, -0.15) is 4.98 Å². The highest BCUT2D eigenvalue weighted by atomic mass is 19.4. The van der Waals surface area contributed by atoms with Gasteiger partial charge >= 0.3 is 12.1 Å². The monoisotopic (exact) mass is 526 g/mol. The number of hydrogen-bond donors (Lipinski definition) is 0. The molecule has 0 saturated carbocycles. The lowest BCUT2D eigenvalue weighted by atomic mass is 10.1. The summed E-state index contributed by atoms with van der Waals surface area (Å²) in [6, 6.07) is 5.47. The third-order valence-electron chi connectivity index (χ3n) is 5.76. The van der Waals surface area contributed by atoms with Gasteiger partial charge in [-0.1, -0.05) is 0 Å². The average molecular weight is 526 g/mol. The van der Waals surface area contributed by atoms with Crippen LogP contribution in [0, 0.1) is 11.6 Å². The molecule has 4 heterocycles. The molecule has 0 radical (unpaired) electrons. The van der Waals surface area contributed by atoms with E-state index >= 15 is 0 Å². The van der Waals surface area contributed by atoms with Crippen molar-refractivity contribution in [1.82, 2.24) is 14.5 Å². The fourth-order valence-corrected chi connectivity index (χ4v) is 4.17. The Morgan fingerprint density at radius 2 is 1.86 bits per heavy atom. The molecule has 2 aliphatic heterocycles. The van der Waals surface area contributed by atoms with E-state index in [0.29, 0.717) is 32.1 Å². The van der Waals surface area contributed by atoms with Gasteiger partial charge in [-0.25, -0.2) is 18.6 Å². The molecule has 0 aliphatic carbocycles. The number of ether oxygens (including phenoxy) is 4. The van der Waals surface area contributed by atoms with Crippen molar-refractivity contribution in [2.24, 2.45) is 0 Å². The van der Waals surface area contributed by atoms with Crippen LogP contribution in [0.4, 0.5) is 27.8 Å². The maximum absolute atomic E-state index is 14.6. The molecule has 1 aromatic carbocycles. The van der Waals surface area contributed by atoms with Crippen molar-refractivity contribution in [2.45, 2.75) is 32.0 Å². The quantitative estimate of drug-likeness (QED) is 0.449. The molecular weight excluding hydrogens is 507 g/mol. The average Bonchev–Trinajstić information content (AvgIpc) is 2.84. The molecule has 37 heavy (non-hydrogen) atoms. The van der Waals surface area contributed by atoms with E-state index in [0.717, 1.165) is 36.9 Å². The zero-order chi connectivity index (χ0) is 26.2. The van der Waals surface area contributed by atoms with Crippen LogP contribution in [0.3, 0.4) is 0 Å². The number of aromatic nitrogens is 3.